The molecule has 39 heavy (non-hydrogen) atoms. The zero-order valence-electron chi connectivity index (χ0n) is 21.7. The molecule has 0 saturated carbocycles. The zero-order chi connectivity index (χ0) is 28.0. The highest BCUT2D eigenvalue weighted by Crippen LogP contribution is 2.29. The fourth-order valence-corrected chi connectivity index (χ4v) is 6.31. The Balaban J connectivity index is 1.09. The standard InChI is InChI=1S/C26H33F3N4O4S2/c1-19-31-24-16-22(6-9-25(24)38-19)37-18-21(34)17-33-14-12-32(13-15-33)11-3-2-10-30-39(35,36)23-7-4-20(5-8-23)26(27,28)29/h4-9,16,21,30,34H,2-3,10-15,17-18H2,1H3/t21-/m1/s1. The number of alkyl halides is 3. The van der Waals surface area contributed by atoms with Gasteiger partial charge in [0.15, 0.2) is 0 Å². The molecule has 0 bridgehead atoms. The van der Waals surface area contributed by atoms with Crippen molar-refractivity contribution in [2.45, 2.75) is 36.9 Å². The number of sulfonamides is 1. The highest BCUT2D eigenvalue weighted by Gasteiger charge is 2.30. The van der Waals surface area contributed by atoms with Gasteiger partial charge in [-0.05, 0) is 62.7 Å². The van der Waals surface area contributed by atoms with Crippen molar-refractivity contribution in [3.05, 3.63) is 53.0 Å². The summed E-state index contributed by atoms with van der Waals surface area (Å²) in [6.45, 7) is 7.08. The molecule has 1 aliphatic rings. The van der Waals surface area contributed by atoms with E-state index in [4.69, 9.17) is 4.74 Å². The molecule has 2 heterocycles. The van der Waals surface area contributed by atoms with Gasteiger partial charge in [-0.1, -0.05) is 0 Å². The summed E-state index contributed by atoms with van der Waals surface area (Å²) in [5, 5.41) is 11.4. The lowest BCUT2D eigenvalue weighted by Crippen LogP contribution is -2.49. The molecule has 4 rings (SSSR count). The molecule has 1 fully saturated rings. The number of unbranched alkanes of at least 4 members (excludes halogenated alkanes) is 1. The summed E-state index contributed by atoms with van der Waals surface area (Å²) < 4.78 is 72.0. The van der Waals surface area contributed by atoms with Crippen molar-refractivity contribution in [2.75, 3.05) is 52.4 Å². The van der Waals surface area contributed by atoms with Gasteiger partial charge in [0.2, 0.25) is 10.0 Å². The number of halogens is 3. The zero-order valence-corrected chi connectivity index (χ0v) is 23.3. The molecule has 0 aliphatic carbocycles. The molecular formula is C26H33F3N4O4S2. The fourth-order valence-electron chi connectivity index (χ4n) is 4.42. The van der Waals surface area contributed by atoms with E-state index in [1.807, 2.05) is 25.1 Å². The van der Waals surface area contributed by atoms with E-state index in [0.29, 0.717) is 18.7 Å². The number of ether oxygens (including phenoxy) is 1. The Hall–Kier alpha value is -2.29. The molecule has 214 valence electrons. The second kappa shape index (κ2) is 12.9. The summed E-state index contributed by atoms with van der Waals surface area (Å²) in [6, 6.07) is 9.24. The molecule has 1 saturated heterocycles. The lowest BCUT2D eigenvalue weighted by Gasteiger charge is -2.35. The van der Waals surface area contributed by atoms with Crippen LogP contribution in [0.5, 0.6) is 5.75 Å². The largest absolute Gasteiger partial charge is 0.491 e. The predicted octanol–water partition coefficient (Wildman–Crippen LogP) is 3.74. The van der Waals surface area contributed by atoms with Crippen LogP contribution in [-0.2, 0) is 16.2 Å². The maximum atomic E-state index is 12.7. The molecular weight excluding hydrogens is 553 g/mol. The Morgan fingerprint density at radius 3 is 2.46 bits per heavy atom. The molecule has 0 spiro atoms. The van der Waals surface area contributed by atoms with Crippen LogP contribution in [0.1, 0.15) is 23.4 Å². The average molecular weight is 587 g/mol. The maximum absolute atomic E-state index is 12.7. The Bertz CT molecular complexity index is 1330. The molecule has 13 heteroatoms. The van der Waals surface area contributed by atoms with Crippen LogP contribution in [0.25, 0.3) is 10.2 Å². The van der Waals surface area contributed by atoms with Crippen molar-refractivity contribution < 1.29 is 31.4 Å². The Kier molecular flexibility index (Phi) is 9.83. The van der Waals surface area contributed by atoms with Gasteiger partial charge in [-0.2, -0.15) is 13.2 Å². The third-order valence-electron chi connectivity index (χ3n) is 6.53. The van der Waals surface area contributed by atoms with Gasteiger partial charge in [0.05, 0.1) is 25.7 Å². The predicted molar refractivity (Wildman–Crippen MR) is 145 cm³/mol. The topological polar surface area (TPSA) is 95.0 Å². The summed E-state index contributed by atoms with van der Waals surface area (Å²) in [6.07, 6.45) is -3.72. The number of hydrogen-bond donors (Lipinski definition) is 2. The smallest absolute Gasteiger partial charge is 0.416 e. The van der Waals surface area contributed by atoms with E-state index in [1.165, 1.54) is 0 Å². The number of nitrogens with zero attached hydrogens (tertiary/aromatic N) is 3. The quantitative estimate of drug-likeness (QED) is 0.312. The third kappa shape index (κ3) is 8.60. The number of nitrogens with one attached hydrogen (secondary N) is 1. The molecule has 1 aromatic heterocycles. The van der Waals surface area contributed by atoms with Gasteiger partial charge in [-0.15, -0.1) is 11.3 Å². The number of rotatable bonds is 12. The second-order valence-corrected chi connectivity index (χ2v) is 12.6. The van der Waals surface area contributed by atoms with Crippen LogP contribution < -0.4 is 9.46 Å². The molecule has 2 aromatic carbocycles. The van der Waals surface area contributed by atoms with Gasteiger partial charge in [0, 0.05) is 45.3 Å². The minimum absolute atomic E-state index is 0.185. The van der Waals surface area contributed by atoms with E-state index < -0.39 is 27.9 Å². The summed E-state index contributed by atoms with van der Waals surface area (Å²) >= 11 is 1.63. The summed E-state index contributed by atoms with van der Waals surface area (Å²) in [4.78, 5) is 8.79. The maximum Gasteiger partial charge on any atom is 0.416 e. The number of piperazine rings is 1. The molecule has 3 aromatic rings. The van der Waals surface area contributed by atoms with E-state index in [1.54, 1.807) is 11.3 Å². The molecule has 1 atom stereocenters. The number of β-amino-alcohol motifs (C(OH)–C–C–N with tert-alkyl or cyclic N) is 1. The van der Waals surface area contributed by atoms with Gasteiger partial charge in [-0.25, -0.2) is 18.1 Å². The molecule has 0 unspecified atom stereocenters. The van der Waals surface area contributed by atoms with Crippen molar-refractivity contribution >= 4 is 31.6 Å². The monoisotopic (exact) mass is 586 g/mol. The summed E-state index contributed by atoms with van der Waals surface area (Å²) in [7, 11) is -3.85. The first-order valence-corrected chi connectivity index (χ1v) is 15.1. The highest BCUT2D eigenvalue weighted by atomic mass is 32.2. The van der Waals surface area contributed by atoms with E-state index in [0.717, 1.165) is 78.6 Å². The first kappa shape index (κ1) is 29.7. The number of aryl methyl sites for hydroxylation is 1. The van der Waals surface area contributed by atoms with Crippen molar-refractivity contribution in [1.29, 1.82) is 0 Å². The van der Waals surface area contributed by atoms with Crippen LogP contribution in [0.2, 0.25) is 0 Å². The van der Waals surface area contributed by atoms with Crippen molar-refractivity contribution in [1.82, 2.24) is 19.5 Å². The average Bonchev–Trinajstić information content (AvgIpc) is 3.27. The lowest BCUT2D eigenvalue weighted by atomic mass is 10.2. The van der Waals surface area contributed by atoms with E-state index >= 15 is 0 Å². The molecule has 2 N–H and O–H groups in total. The van der Waals surface area contributed by atoms with Gasteiger partial charge < -0.3 is 14.7 Å². The Labute approximate surface area is 230 Å². The van der Waals surface area contributed by atoms with Crippen LogP contribution >= 0.6 is 11.3 Å². The van der Waals surface area contributed by atoms with E-state index in [-0.39, 0.29) is 18.0 Å². The van der Waals surface area contributed by atoms with Crippen LogP contribution in [-0.4, -0.2) is 86.8 Å². The van der Waals surface area contributed by atoms with Crippen molar-refractivity contribution in [2.24, 2.45) is 0 Å². The van der Waals surface area contributed by atoms with Gasteiger partial charge in [-0.3, -0.25) is 4.90 Å². The minimum Gasteiger partial charge on any atom is -0.491 e. The first-order chi connectivity index (χ1) is 18.5. The van der Waals surface area contributed by atoms with Gasteiger partial charge in [0.1, 0.15) is 18.5 Å². The summed E-state index contributed by atoms with van der Waals surface area (Å²) in [5.74, 6) is 0.693. The third-order valence-corrected chi connectivity index (χ3v) is 8.96. The number of benzene rings is 2. The van der Waals surface area contributed by atoms with Crippen molar-refractivity contribution in [3.63, 3.8) is 0 Å². The number of aromatic nitrogens is 1. The highest BCUT2D eigenvalue weighted by molar-refractivity contribution is 7.89. The molecule has 8 nitrogen and oxygen atoms in total. The van der Waals surface area contributed by atoms with Crippen molar-refractivity contribution in [3.8, 4) is 5.75 Å². The van der Waals surface area contributed by atoms with Crippen LogP contribution in [0, 0.1) is 6.92 Å². The number of fused-ring (bicyclic) bond motifs is 1. The van der Waals surface area contributed by atoms with Crippen LogP contribution in [0.3, 0.4) is 0 Å². The lowest BCUT2D eigenvalue weighted by molar-refractivity contribution is -0.137. The Morgan fingerprint density at radius 2 is 1.77 bits per heavy atom. The number of thiazole rings is 1. The minimum atomic E-state index is -4.51. The van der Waals surface area contributed by atoms with Gasteiger partial charge in [0.25, 0.3) is 0 Å². The molecule has 0 amide bonds. The normalized spacial score (nSPS) is 16.5. The van der Waals surface area contributed by atoms with Crippen LogP contribution in [0.15, 0.2) is 47.4 Å². The first-order valence-electron chi connectivity index (χ1n) is 12.8. The SMILES string of the molecule is Cc1nc2cc(OC[C@H](O)CN3CCN(CCCCNS(=O)(=O)c4ccc(C(F)(F)F)cc4)CC3)ccc2s1. The number of hydrogen-bond acceptors (Lipinski definition) is 8. The van der Waals surface area contributed by atoms with E-state index in [2.05, 4.69) is 19.5 Å². The molecule has 1 aliphatic heterocycles. The second-order valence-electron chi connectivity index (χ2n) is 9.60. The fraction of sp³-hybridized carbons (Fsp3) is 0.500. The summed E-state index contributed by atoms with van der Waals surface area (Å²) in [5.41, 5.74) is 0.0151. The van der Waals surface area contributed by atoms with Crippen LogP contribution in [0.4, 0.5) is 13.2 Å². The molecule has 0 radical (unpaired) electrons. The van der Waals surface area contributed by atoms with E-state index in [9.17, 15) is 26.7 Å². The Morgan fingerprint density at radius 1 is 1.08 bits per heavy atom. The number of aliphatic hydroxyl groups is 1. The number of aliphatic hydroxyl groups excluding tert-OH is 1. The van der Waals surface area contributed by atoms with Gasteiger partial charge >= 0.3 is 6.18 Å².